The summed E-state index contributed by atoms with van der Waals surface area (Å²) in [6, 6.07) is 4.76. The van der Waals surface area contributed by atoms with Crippen LogP contribution in [0.2, 0.25) is 0 Å². The van der Waals surface area contributed by atoms with Crippen LogP contribution in [0.5, 0.6) is 0 Å². The van der Waals surface area contributed by atoms with Crippen molar-refractivity contribution in [3.8, 4) is 0 Å². The SMILES string of the molecule is CNc1c(F)cccc1C(=O)N1CCOC2CCCC21. The number of hydrogen-bond donors (Lipinski definition) is 1. The molecule has 1 aromatic rings. The lowest BCUT2D eigenvalue weighted by molar-refractivity contribution is -0.0445. The minimum absolute atomic E-state index is 0.103. The summed E-state index contributed by atoms with van der Waals surface area (Å²) in [4.78, 5) is 14.6. The Morgan fingerprint density at radius 1 is 1.45 bits per heavy atom. The molecule has 5 heteroatoms. The number of benzene rings is 1. The van der Waals surface area contributed by atoms with E-state index in [1.54, 1.807) is 19.2 Å². The molecule has 1 aromatic carbocycles. The number of fused-ring (bicyclic) bond motifs is 1. The van der Waals surface area contributed by atoms with Crippen LogP contribution in [0.4, 0.5) is 10.1 Å². The zero-order chi connectivity index (χ0) is 14.1. The number of amides is 1. The third-order valence-corrected chi connectivity index (χ3v) is 4.24. The van der Waals surface area contributed by atoms with E-state index >= 15 is 0 Å². The summed E-state index contributed by atoms with van der Waals surface area (Å²) in [5.74, 6) is -0.497. The predicted octanol–water partition coefficient (Wildman–Crippen LogP) is 2.26. The van der Waals surface area contributed by atoms with Gasteiger partial charge in [0.2, 0.25) is 0 Å². The van der Waals surface area contributed by atoms with E-state index in [2.05, 4.69) is 5.32 Å². The molecule has 1 aliphatic heterocycles. The lowest BCUT2D eigenvalue weighted by Crippen LogP contribution is -2.51. The van der Waals surface area contributed by atoms with Crippen molar-refractivity contribution in [3.63, 3.8) is 0 Å². The molecule has 1 aliphatic carbocycles. The van der Waals surface area contributed by atoms with Gasteiger partial charge in [0.1, 0.15) is 5.82 Å². The van der Waals surface area contributed by atoms with Gasteiger partial charge >= 0.3 is 0 Å². The van der Waals surface area contributed by atoms with Crippen molar-refractivity contribution >= 4 is 11.6 Å². The third kappa shape index (κ3) is 2.16. The third-order valence-electron chi connectivity index (χ3n) is 4.24. The quantitative estimate of drug-likeness (QED) is 0.902. The molecule has 2 fully saturated rings. The molecule has 0 aromatic heterocycles. The molecule has 4 nitrogen and oxygen atoms in total. The molecular weight excluding hydrogens is 259 g/mol. The van der Waals surface area contributed by atoms with Gasteiger partial charge in [-0.25, -0.2) is 4.39 Å². The van der Waals surface area contributed by atoms with Gasteiger partial charge in [-0.2, -0.15) is 0 Å². The van der Waals surface area contributed by atoms with Crippen molar-refractivity contribution in [3.05, 3.63) is 29.6 Å². The van der Waals surface area contributed by atoms with Gasteiger partial charge in [0, 0.05) is 13.6 Å². The number of anilines is 1. The van der Waals surface area contributed by atoms with E-state index in [0.29, 0.717) is 18.7 Å². The number of morpholine rings is 1. The molecule has 0 bridgehead atoms. The molecule has 0 spiro atoms. The number of carbonyl (C=O) groups is 1. The highest BCUT2D eigenvalue weighted by atomic mass is 19.1. The van der Waals surface area contributed by atoms with Crippen LogP contribution in [0.1, 0.15) is 29.6 Å². The summed E-state index contributed by atoms with van der Waals surface area (Å²) in [5.41, 5.74) is 0.679. The number of nitrogens with zero attached hydrogens (tertiary/aromatic N) is 1. The fraction of sp³-hybridized carbons (Fsp3) is 0.533. The van der Waals surface area contributed by atoms with Crippen LogP contribution in [0, 0.1) is 5.82 Å². The van der Waals surface area contributed by atoms with Gasteiger partial charge in [-0.3, -0.25) is 4.79 Å². The van der Waals surface area contributed by atoms with Crippen molar-refractivity contribution in [2.75, 3.05) is 25.5 Å². The first-order valence-corrected chi connectivity index (χ1v) is 7.11. The largest absolute Gasteiger partial charge is 0.385 e. The molecule has 20 heavy (non-hydrogen) atoms. The van der Waals surface area contributed by atoms with Crippen molar-refractivity contribution in [2.24, 2.45) is 0 Å². The minimum Gasteiger partial charge on any atom is -0.385 e. The van der Waals surface area contributed by atoms with E-state index in [-0.39, 0.29) is 23.7 Å². The number of nitrogens with one attached hydrogen (secondary N) is 1. The van der Waals surface area contributed by atoms with Crippen LogP contribution in [-0.2, 0) is 4.74 Å². The smallest absolute Gasteiger partial charge is 0.256 e. The lowest BCUT2D eigenvalue weighted by atomic mass is 10.1. The highest BCUT2D eigenvalue weighted by molar-refractivity contribution is 6.00. The van der Waals surface area contributed by atoms with Gasteiger partial charge in [0.15, 0.2) is 0 Å². The molecule has 1 N–H and O–H groups in total. The first-order valence-electron chi connectivity index (χ1n) is 7.11. The summed E-state index contributed by atoms with van der Waals surface area (Å²) in [7, 11) is 1.63. The van der Waals surface area contributed by atoms with Crippen LogP contribution >= 0.6 is 0 Å². The van der Waals surface area contributed by atoms with Gasteiger partial charge in [0.25, 0.3) is 5.91 Å². The van der Waals surface area contributed by atoms with Crippen LogP contribution in [0.25, 0.3) is 0 Å². The molecule has 2 aliphatic rings. The van der Waals surface area contributed by atoms with Gasteiger partial charge in [-0.1, -0.05) is 6.07 Å². The first-order chi connectivity index (χ1) is 9.72. The average Bonchev–Trinajstić information content (AvgIpc) is 2.94. The predicted molar refractivity (Wildman–Crippen MR) is 74.4 cm³/mol. The summed E-state index contributed by atoms with van der Waals surface area (Å²) in [6.07, 6.45) is 3.22. The molecule has 1 saturated carbocycles. The first kappa shape index (κ1) is 13.4. The molecule has 3 rings (SSSR count). The van der Waals surface area contributed by atoms with Gasteiger partial charge in [-0.05, 0) is 31.4 Å². The number of hydrogen-bond acceptors (Lipinski definition) is 3. The molecule has 2 unspecified atom stereocenters. The van der Waals surface area contributed by atoms with E-state index in [1.807, 2.05) is 4.90 Å². The number of carbonyl (C=O) groups excluding carboxylic acids is 1. The number of para-hydroxylation sites is 1. The van der Waals surface area contributed by atoms with E-state index in [1.165, 1.54) is 6.07 Å². The summed E-state index contributed by atoms with van der Waals surface area (Å²) >= 11 is 0. The van der Waals surface area contributed by atoms with E-state index < -0.39 is 5.82 Å². The Hall–Kier alpha value is -1.62. The average molecular weight is 278 g/mol. The fourth-order valence-electron chi connectivity index (χ4n) is 3.29. The molecule has 108 valence electrons. The van der Waals surface area contributed by atoms with Gasteiger partial charge < -0.3 is 15.0 Å². The Labute approximate surface area is 117 Å². The van der Waals surface area contributed by atoms with Crippen molar-refractivity contribution in [1.29, 1.82) is 0 Å². The van der Waals surface area contributed by atoms with Gasteiger partial charge in [0.05, 0.1) is 30.0 Å². The number of ether oxygens (including phenoxy) is 1. The van der Waals surface area contributed by atoms with Crippen molar-refractivity contribution in [2.45, 2.75) is 31.4 Å². The zero-order valence-electron chi connectivity index (χ0n) is 11.6. The minimum atomic E-state index is -0.394. The molecule has 0 radical (unpaired) electrons. The zero-order valence-corrected chi connectivity index (χ0v) is 11.6. The number of rotatable bonds is 2. The van der Waals surface area contributed by atoms with E-state index in [4.69, 9.17) is 4.74 Å². The monoisotopic (exact) mass is 278 g/mol. The second-order valence-corrected chi connectivity index (χ2v) is 5.32. The normalized spacial score (nSPS) is 25.4. The Morgan fingerprint density at radius 3 is 3.10 bits per heavy atom. The Balaban J connectivity index is 1.90. The van der Waals surface area contributed by atoms with Crippen molar-refractivity contribution in [1.82, 2.24) is 4.90 Å². The summed E-state index contributed by atoms with van der Waals surface area (Å²) in [6.45, 7) is 1.15. The summed E-state index contributed by atoms with van der Waals surface area (Å²) in [5, 5.41) is 2.79. The van der Waals surface area contributed by atoms with Crippen LogP contribution in [0.3, 0.4) is 0 Å². The highest BCUT2D eigenvalue weighted by Crippen LogP contribution is 2.32. The topological polar surface area (TPSA) is 41.6 Å². The standard InChI is InChI=1S/C15H19FN2O2/c1-17-14-10(4-2-5-11(14)16)15(19)18-8-9-20-13-7-3-6-12(13)18/h2,4-5,12-13,17H,3,6-9H2,1H3. The van der Waals surface area contributed by atoms with Crippen LogP contribution in [-0.4, -0.2) is 43.2 Å². The van der Waals surface area contributed by atoms with Crippen molar-refractivity contribution < 1.29 is 13.9 Å². The maximum atomic E-state index is 13.8. The van der Waals surface area contributed by atoms with Crippen LogP contribution < -0.4 is 5.32 Å². The highest BCUT2D eigenvalue weighted by Gasteiger charge is 2.39. The molecule has 1 heterocycles. The molecular formula is C15H19FN2O2. The molecule has 1 amide bonds. The molecule has 1 saturated heterocycles. The molecule has 2 atom stereocenters. The summed E-state index contributed by atoms with van der Waals surface area (Å²) < 4.78 is 19.5. The van der Waals surface area contributed by atoms with E-state index in [0.717, 1.165) is 19.3 Å². The Morgan fingerprint density at radius 2 is 2.30 bits per heavy atom. The second kappa shape index (κ2) is 5.40. The maximum absolute atomic E-state index is 13.8. The number of halogens is 1. The van der Waals surface area contributed by atoms with Crippen LogP contribution in [0.15, 0.2) is 18.2 Å². The fourth-order valence-corrected chi connectivity index (χ4v) is 3.29. The Bertz CT molecular complexity index is 521. The van der Waals surface area contributed by atoms with Gasteiger partial charge in [-0.15, -0.1) is 0 Å². The maximum Gasteiger partial charge on any atom is 0.256 e. The van der Waals surface area contributed by atoms with E-state index in [9.17, 15) is 9.18 Å². The lowest BCUT2D eigenvalue weighted by Gasteiger charge is -2.38. The Kier molecular flexibility index (Phi) is 3.61. The second-order valence-electron chi connectivity index (χ2n) is 5.32.